The summed E-state index contributed by atoms with van der Waals surface area (Å²) in [6.07, 6.45) is 10.1. The number of rotatable bonds is 2. The molecule has 0 aliphatic heterocycles. The largest absolute Gasteiger partial charge is 0.358 e. The van der Waals surface area contributed by atoms with Crippen molar-refractivity contribution in [2.45, 2.75) is 58.3 Å². The lowest BCUT2D eigenvalue weighted by atomic mass is 9.92. The van der Waals surface area contributed by atoms with Gasteiger partial charge in [-0.2, -0.15) is 0 Å². The van der Waals surface area contributed by atoms with Gasteiger partial charge in [-0.05, 0) is 128 Å². The van der Waals surface area contributed by atoms with Crippen LogP contribution in [-0.2, 0) is 32.7 Å². The van der Waals surface area contributed by atoms with E-state index in [0.717, 1.165) is 0 Å². The van der Waals surface area contributed by atoms with Gasteiger partial charge in [-0.3, -0.25) is 0 Å². The number of nitrogens with zero attached hydrogens (tertiary/aromatic N) is 1. The lowest BCUT2D eigenvalue weighted by Gasteiger charge is -2.13. The summed E-state index contributed by atoms with van der Waals surface area (Å²) >= 11 is 0. The third-order valence-corrected chi connectivity index (χ3v) is 8.37. The van der Waals surface area contributed by atoms with Crippen molar-refractivity contribution in [3.63, 3.8) is 0 Å². The zero-order valence-electron chi connectivity index (χ0n) is 20.3. The van der Waals surface area contributed by atoms with Crippen molar-refractivity contribution < 1.29 is 0 Å². The molecular formula is C32H32N2. The van der Waals surface area contributed by atoms with Crippen LogP contribution in [0.2, 0.25) is 0 Å². The molecule has 0 atom stereocenters. The van der Waals surface area contributed by atoms with E-state index >= 15 is 0 Å². The molecule has 5 aromatic rings. The minimum atomic E-state index is 1.19. The van der Waals surface area contributed by atoms with Crippen LogP contribution in [0.5, 0.6) is 0 Å². The number of H-pyrrole nitrogens is 1. The lowest BCUT2D eigenvalue weighted by Crippen LogP contribution is -2.04. The van der Waals surface area contributed by atoms with Gasteiger partial charge in [-0.1, -0.05) is 24.3 Å². The average Bonchev–Trinajstić information content (AvgIpc) is 3.38. The summed E-state index contributed by atoms with van der Waals surface area (Å²) in [6.45, 7) is 2.23. The summed E-state index contributed by atoms with van der Waals surface area (Å²) in [5.74, 6) is 0. The van der Waals surface area contributed by atoms with Crippen LogP contribution in [0.1, 0.15) is 53.8 Å². The Morgan fingerprint density at radius 3 is 2.15 bits per heavy atom. The first-order valence-corrected chi connectivity index (χ1v) is 13.0. The van der Waals surface area contributed by atoms with Gasteiger partial charge in [0.15, 0.2) is 0 Å². The van der Waals surface area contributed by atoms with Crippen LogP contribution in [-0.4, -0.2) is 9.55 Å². The van der Waals surface area contributed by atoms with E-state index in [1.807, 2.05) is 0 Å². The summed E-state index contributed by atoms with van der Waals surface area (Å²) in [5.41, 5.74) is 15.4. The Bertz CT molecular complexity index is 1580. The molecule has 0 spiro atoms. The third-order valence-electron chi connectivity index (χ3n) is 8.37. The van der Waals surface area contributed by atoms with Gasteiger partial charge >= 0.3 is 0 Å². The molecule has 2 heteroatoms. The van der Waals surface area contributed by atoms with Crippen LogP contribution in [0.25, 0.3) is 44.1 Å². The molecule has 2 nitrogen and oxygen atoms in total. The van der Waals surface area contributed by atoms with Gasteiger partial charge in [0.25, 0.3) is 0 Å². The molecule has 0 fully saturated rings. The van der Waals surface area contributed by atoms with Crippen molar-refractivity contribution in [2.24, 2.45) is 7.05 Å². The maximum atomic E-state index is 3.69. The molecular weight excluding hydrogens is 412 g/mol. The molecule has 0 radical (unpaired) electrons. The number of aromatic amines is 1. The van der Waals surface area contributed by atoms with Crippen LogP contribution in [0.3, 0.4) is 0 Å². The second-order valence-corrected chi connectivity index (χ2v) is 10.6. The molecule has 170 valence electrons. The average molecular weight is 445 g/mol. The maximum absolute atomic E-state index is 3.69. The monoisotopic (exact) mass is 444 g/mol. The predicted octanol–water partition coefficient (Wildman–Crippen LogP) is 8.06. The summed E-state index contributed by atoms with van der Waals surface area (Å²) in [4.78, 5) is 3.69. The van der Waals surface area contributed by atoms with Crippen LogP contribution in [0.4, 0.5) is 0 Å². The Labute approximate surface area is 201 Å². The molecule has 0 unspecified atom stereocenters. The fraction of sp³-hybridized carbons (Fsp3) is 0.312. The van der Waals surface area contributed by atoms with Crippen molar-refractivity contribution in [1.29, 1.82) is 0 Å². The SMILES string of the molecule is Cc1cc(-c2ccc3[nH]c4c(c3c2)CCCC4)cc(-c2ccc3c(c2)c2c(n3C)CCCC2)c1. The normalized spacial score (nSPS) is 15.6. The van der Waals surface area contributed by atoms with E-state index in [1.165, 1.54) is 107 Å². The molecule has 0 bridgehead atoms. The number of benzene rings is 3. The van der Waals surface area contributed by atoms with Crippen molar-refractivity contribution in [2.75, 3.05) is 0 Å². The van der Waals surface area contributed by atoms with Gasteiger partial charge in [0, 0.05) is 40.2 Å². The zero-order valence-corrected chi connectivity index (χ0v) is 20.3. The maximum Gasteiger partial charge on any atom is 0.0483 e. The predicted molar refractivity (Wildman–Crippen MR) is 144 cm³/mol. The van der Waals surface area contributed by atoms with Gasteiger partial charge in [-0.15, -0.1) is 0 Å². The molecule has 1 N–H and O–H groups in total. The molecule has 34 heavy (non-hydrogen) atoms. The summed E-state index contributed by atoms with van der Waals surface area (Å²) < 4.78 is 2.43. The second kappa shape index (κ2) is 7.63. The van der Waals surface area contributed by atoms with E-state index in [9.17, 15) is 0 Å². The Kier molecular flexibility index (Phi) is 4.52. The standard InChI is InChI=1S/C32H32N2/c1-20-15-23(21-11-13-30-27(18-21)25-7-3-5-9-29(25)33-30)17-24(16-20)22-12-14-32-28(19-22)26-8-4-6-10-31(26)34(32)2/h11-19,33H,3-10H2,1-2H3. The Morgan fingerprint density at radius 2 is 1.32 bits per heavy atom. The van der Waals surface area contributed by atoms with E-state index in [2.05, 4.69) is 78.1 Å². The third kappa shape index (κ3) is 3.08. The Balaban J connectivity index is 1.35. The number of hydrogen-bond acceptors (Lipinski definition) is 0. The van der Waals surface area contributed by atoms with Gasteiger partial charge < -0.3 is 9.55 Å². The number of aryl methyl sites for hydroxylation is 5. The first-order chi connectivity index (χ1) is 16.7. The van der Waals surface area contributed by atoms with Gasteiger partial charge in [0.1, 0.15) is 0 Å². The highest BCUT2D eigenvalue weighted by Crippen LogP contribution is 2.37. The number of hydrogen-bond donors (Lipinski definition) is 1. The summed E-state index contributed by atoms with van der Waals surface area (Å²) in [6, 6.07) is 21.2. The molecule has 0 saturated heterocycles. The van der Waals surface area contributed by atoms with E-state index in [-0.39, 0.29) is 0 Å². The van der Waals surface area contributed by atoms with Crippen LogP contribution in [0.15, 0.2) is 54.6 Å². The minimum Gasteiger partial charge on any atom is -0.358 e. The van der Waals surface area contributed by atoms with Crippen molar-refractivity contribution in [3.8, 4) is 22.3 Å². The van der Waals surface area contributed by atoms with Gasteiger partial charge in [0.05, 0.1) is 0 Å². The quantitative estimate of drug-likeness (QED) is 0.284. The highest BCUT2D eigenvalue weighted by Gasteiger charge is 2.19. The van der Waals surface area contributed by atoms with E-state index in [4.69, 9.17) is 0 Å². The van der Waals surface area contributed by atoms with E-state index < -0.39 is 0 Å². The van der Waals surface area contributed by atoms with Crippen LogP contribution in [0, 0.1) is 6.92 Å². The summed E-state index contributed by atoms with van der Waals surface area (Å²) in [5, 5.41) is 2.88. The Morgan fingerprint density at radius 1 is 0.647 bits per heavy atom. The molecule has 2 aliphatic rings. The van der Waals surface area contributed by atoms with E-state index in [1.54, 1.807) is 16.8 Å². The highest BCUT2D eigenvalue weighted by molar-refractivity contribution is 5.92. The van der Waals surface area contributed by atoms with Crippen molar-refractivity contribution in [1.82, 2.24) is 9.55 Å². The van der Waals surface area contributed by atoms with Gasteiger partial charge in [0.2, 0.25) is 0 Å². The first-order valence-electron chi connectivity index (χ1n) is 13.0. The fourth-order valence-electron chi connectivity index (χ4n) is 6.65. The molecule has 0 saturated carbocycles. The molecule has 0 amide bonds. The van der Waals surface area contributed by atoms with Crippen molar-refractivity contribution in [3.05, 3.63) is 82.7 Å². The van der Waals surface area contributed by atoms with Crippen molar-refractivity contribution >= 4 is 21.8 Å². The molecule has 2 heterocycles. The summed E-state index contributed by atoms with van der Waals surface area (Å²) in [7, 11) is 2.24. The lowest BCUT2D eigenvalue weighted by molar-refractivity contribution is 0.653. The Hall–Kier alpha value is -3.26. The zero-order chi connectivity index (χ0) is 22.8. The molecule has 3 aromatic carbocycles. The van der Waals surface area contributed by atoms with Crippen LogP contribution < -0.4 is 0 Å². The topological polar surface area (TPSA) is 20.7 Å². The number of fused-ring (bicyclic) bond motifs is 6. The minimum absolute atomic E-state index is 1.19. The molecule has 2 aliphatic carbocycles. The fourth-order valence-corrected chi connectivity index (χ4v) is 6.65. The molecule has 2 aromatic heterocycles. The van der Waals surface area contributed by atoms with E-state index in [0.29, 0.717) is 0 Å². The smallest absolute Gasteiger partial charge is 0.0483 e. The second-order valence-electron chi connectivity index (χ2n) is 10.6. The molecule has 7 rings (SSSR count). The first kappa shape index (κ1) is 20.1. The number of aromatic nitrogens is 2. The van der Waals surface area contributed by atoms with Gasteiger partial charge in [-0.25, -0.2) is 0 Å². The van der Waals surface area contributed by atoms with Crippen LogP contribution >= 0.6 is 0 Å². The number of nitrogens with one attached hydrogen (secondary N) is 1. The highest BCUT2D eigenvalue weighted by atomic mass is 14.9.